The number of primary amides is 1. The van der Waals surface area contributed by atoms with Gasteiger partial charge in [-0.25, -0.2) is 9.97 Å². The number of aliphatic hydroxyl groups is 1. The first-order valence-corrected chi connectivity index (χ1v) is 13.3. The number of carbonyl (C=O) groups excluding carboxylic acids is 1. The fourth-order valence-corrected chi connectivity index (χ4v) is 6.14. The van der Waals surface area contributed by atoms with Crippen molar-refractivity contribution >= 4 is 69.5 Å². The second-order valence-electron chi connectivity index (χ2n) is 9.59. The van der Waals surface area contributed by atoms with E-state index in [1.54, 1.807) is 18.3 Å². The molecule has 2 aliphatic carbocycles. The monoisotopic (exact) mass is 551 g/mol. The van der Waals surface area contributed by atoms with Gasteiger partial charge in [-0.1, -0.05) is 47.6 Å². The van der Waals surface area contributed by atoms with E-state index < -0.39 is 6.10 Å². The summed E-state index contributed by atoms with van der Waals surface area (Å²) in [4.78, 5) is 25.7. The van der Waals surface area contributed by atoms with Crippen LogP contribution in [0.3, 0.4) is 0 Å². The fraction of sp³-hybridized carbons (Fsp3) is 0.500. The van der Waals surface area contributed by atoms with Crippen LogP contribution in [0.15, 0.2) is 18.3 Å². The van der Waals surface area contributed by atoms with Crippen molar-refractivity contribution in [3.63, 3.8) is 0 Å². The third-order valence-corrected chi connectivity index (χ3v) is 8.00. The fourth-order valence-electron chi connectivity index (χ4n) is 5.23. The maximum Gasteiger partial charge on any atom is 0.225 e. The van der Waals surface area contributed by atoms with Gasteiger partial charge in [-0.05, 0) is 50.7 Å². The second-order valence-corrected chi connectivity index (χ2v) is 10.8. The van der Waals surface area contributed by atoms with Crippen LogP contribution >= 0.6 is 34.8 Å². The van der Waals surface area contributed by atoms with Gasteiger partial charge in [0.2, 0.25) is 17.8 Å². The minimum Gasteiger partial charge on any atom is -0.391 e. The molecule has 5 rings (SSSR count). The number of benzene rings is 1. The Morgan fingerprint density at radius 3 is 2.39 bits per heavy atom. The Balaban J connectivity index is 1.53. The van der Waals surface area contributed by atoms with Gasteiger partial charge in [0.1, 0.15) is 5.52 Å². The highest BCUT2D eigenvalue weighted by Gasteiger charge is 2.30. The zero-order valence-corrected chi connectivity index (χ0v) is 21.8. The highest BCUT2D eigenvalue weighted by Crippen LogP contribution is 2.40. The van der Waals surface area contributed by atoms with Gasteiger partial charge in [0.25, 0.3) is 0 Å². The van der Waals surface area contributed by atoms with Crippen molar-refractivity contribution < 1.29 is 9.90 Å². The zero-order valence-electron chi connectivity index (χ0n) is 19.6. The predicted molar refractivity (Wildman–Crippen MR) is 142 cm³/mol. The van der Waals surface area contributed by atoms with E-state index in [0.29, 0.717) is 56.7 Å². The largest absolute Gasteiger partial charge is 0.391 e. The lowest BCUT2D eigenvalue weighted by atomic mass is 9.85. The summed E-state index contributed by atoms with van der Waals surface area (Å²) in [7, 11) is 0. The van der Waals surface area contributed by atoms with Crippen LogP contribution in [-0.2, 0) is 4.79 Å². The molecule has 0 aliphatic heterocycles. The van der Waals surface area contributed by atoms with Crippen molar-refractivity contribution in [2.24, 2.45) is 11.7 Å². The molecule has 2 saturated carbocycles. The standard InChI is InChI=1S/C24H28Cl3N7O2/c25-13-9-15(26)20(16(27)10-13)32-24-31-18-11-29-23(30-17-3-1-2-4-19(17)35)33-22(18)34(24)14-7-5-12(6-8-14)21(28)36/h9-12,14,17,19,35H,1-8H2,(H2,28,36)(H,31,32)(H,29,30,33)/t12-,14+,17?,19-/m0/s1. The van der Waals surface area contributed by atoms with Gasteiger partial charge in [-0.2, -0.15) is 4.98 Å². The molecule has 2 atom stereocenters. The van der Waals surface area contributed by atoms with Crippen molar-refractivity contribution in [2.45, 2.75) is 69.6 Å². The number of aliphatic hydroxyl groups excluding tert-OH is 1. The number of hydrogen-bond donors (Lipinski definition) is 4. The Hall–Kier alpha value is -2.33. The van der Waals surface area contributed by atoms with Crippen LogP contribution in [0.5, 0.6) is 0 Å². The second kappa shape index (κ2) is 10.6. The molecule has 0 spiro atoms. The first kappa shape index (κ1) is 25.3. The van der Waals surface area contributed by atoms with E-state index in [1.807, 2.05) is 4.57 Å². The maximum absolute atomic E-state index is 11.7. The average Bonchev–Trinajstić information content (AvgIpc) is 3.20. The van der Waals surface area contributed by atoms with Crippen molar-refractivity contribution in [1.82, 2.24) is 19.5 Å². The topological polar surface area (TPSA) is 131 Å². The maximum atomic E-state index is 11.7. The summed E-state index contributed by atoms with van der Waals surface area (Å²) in [5.74, 6) is 0.562. The van der Waals surface area contributed by atoms with Gasteiger partial charge in [0.15, 0.2) is 5.65 Å². The average molecular weight is 553 g/mol. The number of rotatable bonds is 6. The summed E-state index contributed by atoms with van der Waals surface area (Å²) >= 11 is 19.0. The van der Waals surface area contributed by atoms with Gasteiger partial charge in [-0.15, -0.1) is 0 Å². The lowest BCUT2D eigenvalue weighted by molar-refractivity contribution is -0.122. The van der Waals surface area contributed by atoms with Gasteiger partial charge >= 0.3 is 0 Å². The number of anilines is 3. The molecule has 1 unspecified atom stereocenters. The van der Waals surface area contributed by atoms with Crippen LogP contribution < -0.4 is 16.4 Å². The zero-order chi connectivity index (χ0) is 25.4. The van der Waals surface area contributed by atoms with E-state index in [-0.39, 0.29) is 23.9 Å². The number of hydrogen-bond acceptors (Lipinski definition) is 7. The lowest BCUT2D eigenvalue weighted by Gasteiger charge is -2.29. The third-order valence-electron chi connectivity index (χ3n) is 7.18. The first-order chi connectivity index (χ1) is 17.3. The van der Waals surface area contributed by atoms with E-state index in [0.717, 1.165) is 38.5 Å². The van der Waals surface area contributed by atoms with Gasteiger partial charge in [-0.3, -0.25) is 9.36 Å². The van der Waals surface area contributed by atoms with E-state index in [9.17, 15) is 9.90 Å². The number of nitrogens with zero attached hydrogens (tertiary/aromatic N) is 4. The van der Waals surface area contributed by atoms with Crippen LogP contribution in [0.25, 0.3) is 11.2 Å². The highest BCUT2D eigenvalue weighted by molar-refractivity contribution is 6.41. The molecule has 2 aromatic heterocycles. The molecule has 1 aromatic carbocycles. The Morgan fingerprint density at radius 2 is 1.72 bits per heavy atom. The van der Waals surface area contributed by atoms with E-state index in [2.05, 4.69) is 15.6 Å². The first-order valence-electron chi connectivity index (χ1n) is 12.2. The SMILES string of the molecule is NC(=O)[C@H]1CC[C@@H](n2c(Nc3c(Cl)cc(Cl)cc3Cl)nc3cnc(NC4CCCC[C@@H]4O)nc32)CC1. The number of carbonyl (C=O) groups is 1. The quantitative estimate of drug-likeness (QED) is 0.319. The molecule has 5 N–H and O–H groups in total. The van der Waals surface area contributed by atoms with Crippen molar-refractivity contribution in [2.75, 3.05) is 10.6 Å². The molecule has 0 saturated heterocycles. The van der Waals surface area contributed by atoms with E-state index >= 15 is 0 Å². The van der Waals surface area contributed by atoms with E-state index in [4.69, 9.17) is 50.5 Å². The molecular weight excluding hydrogens is 525 g/mol. The van der Waals surface area contributed by atoms with Crippen LogP contribution in [-0.4, -0.2) is 42.7 Å². The summed E-state index contributed by atoms with van der Waals surface area (Å²) < 4.78 is 2.03. The molecule has 9 nitrogen and oxygen atoms in total. The number of nitrogens with one attached hydrogen (secondary N) is 2. The number of halogens is 3. The molecule has 12 heteroatoms. The molecule has 3 aromatic rings. The number of amides is 1. The van der Waals surface area contributed by atoms with Crippen molar-refractivity contribution in [3.05, 3.63) is 33.4 Å². The predicted octanol–water partition coefficient (Wildman–Crippen LogP) is 5.46. The normalized spacial score (nSPS) is 24.6. The highest BCUT2D eigenvalue weighted by atomic mass is 35.5. The van der Waals surface area contributed by atoms with Gasteiger partial charge in [0, 0.05) is 17.0 Å². The molecule has 0 radical (unpaired) electrons. The number of imidazole rings is 1. The molecule has 192 valence electrons. The van der Waals surface area contributed by atoms with Crippen LogP contribution in [0, 0.1) is 5.92 Å². The van der Waals surface area contributed by atoms with Gasteiger partial charge in [0.05, 0.1) is 34.1 Å². The Morgan fingerprint density at radius 1 is 1.03 bits per heavy atom. The summed E-state index contributed by atoms with van der Waals surface area (Å²) in [6, 6.07) is 3.16. The van der Waals surface area contributed by atoms with E-state index in [1.165, 1.54) is 0 Å². The summed E-state index contributed by atoms with van der Waals surface area (Å²) in [5, 5.41) is 18.1. The molecular formula is C24H28Cl3N7O2. The molecule has 1 amide bonds. The van der Waals surface area contributed by atoms with Crippen LogP contribution in [0.4, 0.5) is 17.6 Å². The summed E-state index contributed by atoms with van der Waals surface area (Å²) in [6.07, 6.45) is 7.78. The Kier molecular flexibility index (Phi) is 7.44. The third kappa shape index (κ3) is 5.20. The molecule has 2 heterocycles. The minimum atomic E-state index is -0.432. The summed E-state index contributed by atoms with van der Waals surface area (Å²) in [6.45, 7) is 0. The number of aromatic nitrogens is 4. The Labute approximate surface area is 223 Å². The van der Waals surface area contributed by atoms with Crippen LogP contribution in [0.2, 0.25) is 15.1 Å². The van der Waals surface area contributed by atoms with Crippen LogP contribution in [0.1, 0.15) is 57.4 Å². The summed E-state index contributed by atoms with van der Waals surface area (Å²) in [5.41, 5.74) is 7.29. The number of fused-ring (bicyclic) bond motifs is 1. The number of nitrogens with two attached hydrogens (primary N) is 1. The van der Waals surface area contributed by atoms with Crippen molar-refractivity contribution in [1.29, 1.82) is 0 Å². The lowest BCUT2D eigenvalue weighted by Crippen LogP contribution is -2.36. The molecule has 0 bridgehead atoms. The minimum absolute atomic E-state index is 0.0287. The Bertz CT molecular complexity index is 1250. The van der Waals surface area contributed by atoms with Gasteiger partial charge < -0.3 is 21.5 Å². The molecule has 2 fully saturated rings. The molecule has 36 heavy (non-hydrogen) atoms. The smallest absolute Gasteiger partial charge is 0.225 e. The molecule has 2 aliphatic rings. The van der Waals surface area contributed by atoms with Crippen molar-refractivity contribution in [3.8, 4) is 0 Å².